The van der Waals surface area contributed by atoms with E-state index in [2.05, 4.69) is 15.7 Å². The van der Waals surface area contributed by atoms with Gasteiger partial charge in [0, 0.05) is 6.07 Å². The normalized spacial score (nSPS) is 15.4. The fraction of sp³-hybridized carbons (Fsp3) is 0.200. The van der Waals surface area contributed by atoms with E-state index in [4.69, 9.17) is 0 Å². The predicted octanol–water partition coefficient (Wildman–Crippen LogP) is -0.176. The summed E-state index contributed by atoms with van der Waals surface area (Å²) in [6, 6.07) is 1.57. The summed E-state index contributed by atoms with van der Waals surface area (Å²) >= 11 is 0. The summed E-state index contributed by atoms with van der Waals surface area (Å²) in [5, 5.41) is 9.30. The van der Waals surface area contributed by atoms with Crippen LogP contribution in [0.4, 0.5) is 10.6 Å². The second kappa shape index (κ2) is 1.73. The number of carbonyl (C=O) groups is 1. The molecule has 0 unspecified atom stereocenters. The van der Waals surface area contributed by atoms with Gasteiger partial charge in [0.2, 0.25) is 0 Å². The molecule has 1 aliphatic rings. The number of amides is 1. The fourth-order valence-electron chi connectivity index (χ4n) is 0.884. The molecule has 10 heavy (non-hydrogen) atoms. The van der Waals surface area contributed by atoms with Crippen LogP contribution in [0.3, 0.4) is 0 Å². The van der Waals surface area contributed by atoms with Crippen molar-refractivity contribution in [3.8, 4) is 0 Å². The van der Waals surface area contributed by atoms with Crippen molar-refractivity contribution in [2.75, 3.05) is 12.0 Å². The first-order valence-corrected chi connectivity index (χ1v) is 2.94. The molecule has 0 saturated heterocycles. The average molecular weight is 138 g/mol. The second-order valence-electron chi connectivity index (χ2n) is 1.96. The summed E-state index contributed by atoms with van der Waals surface area (Å²) in [6.45, 7) is 0.477. The molecule has 2 rings (SSSR count). The molecule has 0 saturated carbocycles. The molecule has 1 aliphatic heterocycles. The van der Waals surface area contributed by atoms with Gasteiger partial charge in [0.1, 0.15) is 5.82 Å². The van der Waals surface area contributed by atoms with Crippen LogP contribution in [0.5, 0.6) is 0 Å². The van der Waals surface area contributed by atoms with E-state index in [-0.39, 0.29) is 6.03 Å². The van der Waals surface area contributed by atoms with Crippen LogP contribution in [0.1, 0.15) is 0 Å². The van der Waals surface area contributed by atoms with Crippen LogP contribution in [-0.2, 0) is 0 Å². The Kier molecular flexibility index (Phi) is 0.913. The minimum Gasteiger partial charge on any atom is -0.352 e. The minimum atomic E-state index is -0.182. The van der Waals surface area contributed by atoms with E-state index in [9.17, 15) is 4.79 Å². The van der Waals surface area contributed by atoms with Crippen molar-refractivity contribution < 1.29 is 4.79 Å². The minimum absolute atomic E-state index is 0.182. The monoisotopic (exact) mass is 138 g/mol. The van der Waals surface area contributed by atoms with Gasteiger partial charge in [-0.3, -0.25) is 0 Å². The summed E-state index contributed by atoms with van der Waals surface area (Å²) < 4.78 is 1.28. The molecule has 5 heteroatoms. The van der Waals surface area contributed by atoms with Crippen molar-refractivity contribution in [3.05, 3.63) is 12.3 Å². The summed E-state index contributed by atoms with van der Waals surface area (Å²) in [6.07, 6.45) is 1.58. The van der Waals surface area contributed by atoms with Crippen LogP contribution in [0.2, 0.25) is 0 Å². The Balaban J connectivity index is 2.50. The quantitative estimate of drug-likeness (QED) is 0.523. The zero-order chi connectivity index (χ0) is 6.97. The maximum atomic E-state index is 10.9. The number of rotatable bonds is 0. The van der Waals surface area contributed by atoms with E-state index in [0.717, 1.165) is 5.82 Å². The van der Waals surface area contributed by atoms with Gasteiger partial charge in [0.05, 0.1) is 12.9 Å². The summed E-state index contributed by atoms with van der Waals surface area (Å²) in [5.74, 6) is 0.740. The third-order valence-corrected chi connectivity index (χ3v) is 1.34. The fourth-order valence-corrected chi connectivity index (χ4v) is 0.884. The highest BCUT2D eigenvalue weighted by Gasteiger charge is 2.13. The lowest BCUT2D eigenvalue weighted by atomic mass is 10.6. The van der Waals surface area contributed by atoms with Crippen molar-refractivity contribution >= 4 is 11.8 Å². The number of hydrogen-bond donors (Lipinski definition) is 2. The van der Waals surface area contributed by atoms with Gasteiger partial charge in [-0.05, 0) is 0 Å². The highest BCUT2D eigenvalue weighted by Crippen LogP contribution is 2.06. The molecule has 1 aromatic rings. The maximum absolute atomic E-state index is 10.9. The van der Waals surface area contributed by atoms with Crippen molar-refractivity contribution in [2.45, 2.75) is 0 Å². The number of aromatic nitrogens is 2. The standard InChI is InChI=1S/C5H6N4O/c10-5-7-3-6-4-1-2-8-9(4)5/h1-2,6H,3H2,(H,7,10). The molecule has 0 aliphatic carbocycles. The zero-order valence-corrected chi connectivity index (χ0v) is 5.16. The van der Waals surface area contributed by atoms with Crippen molar-refractivity contribution in [1.29, 1.82) is 0 Å². The summed E-state index contributed by atoms with van der Waals surface area (Å²) in [5.41, 5.74) is 0. The van der Waals surface area contributed by atoms with Crippen LogP contribution in [0.25, 0.3) is 0 Å². The topological polar surface area (TPSA) is 59.0 Å². The molecule has 0 bridgehead atoms. The van der Waals surface area contributed by atoms with Crippen LogP contribution < -0.4 is 10.6 Å². The number of anilines is 1. The molecule has 0 fully saturated rings. The van der Waals surface area contributed by atoms with E-state index >= 15 is 0 Å². The van der Waals surface area contributed by atoms with Crippen LogP contribution >= 0.6 is 0 Å². The highest BCUT2D eigenvalue weighted by molar-refractivity contribution is 5.81. The van der Waals surface area contributed by atoms with Gasteiger partial charge in [-0.1, -0.05) is 0 Å². The van der Waals surface area contributed by atoms with E-state index in [1.54, 1.807) is 12.3 Å². The number of fused-ring (bicyclic) bond motifs is 1. The van der Waals surface area contributed by atoms with Crippen LogP contribution in [0, 0.1) is 0 Å². The average Bonchev–Trinajstić information content (AvgIpc) is 2.36. The molecule has 1 aromatic heterocycles. The zero-order valence-electron chi connectivity index (χ0n) is 5.16. The first kappa shape index (κ1) is 5.28. The van der Waals surface area contributed by atoms with Crippen molar-refractivity contribution in [2.24, 2.45) is 0 Å². The van der Waals surface area contributed by atoms with Gasteiger partial charge >= 0.3 is 6.03 Å². The van der Waals surface area contributed by atoms with E-state index in [0.29, 0.717) is 6.67 Å². The van der Waals surface area contributed by atoms with Crippen LogP contribution in [0.15, 0.2) is 12.3 Å². The highest BCUT2D eigenvalue weighted by atomic mass is 16.2. The van der Waals surface area contributed by atoms with Gasteiger partial charge in [-0.25, -0.2) is 4.79 Å². The van der Waals surface area contributed by atoms with Gasteiger partial charge in [0.25, 0.3) is 0 Å². The Hall–Kier alpha value is -1.52. The largest absolute Gasteiger partial charge is 0.352 e. The Bertz CT molecular complexity index is 266. The number of hydrogen-bond acceptors (Lipinski definition) is 3. The molecule has 0 spiro atoms. The van der Waals surface area contributed by atoms with Crippen LogP contribution in [-0.4, -0.2) is 22.5 Å². The molecule has 0 radical (unpaired) electrons. The Morgan fingerprint density at radius 3 is 3.30 bits per heavy atom. The first-order chi connectivity index (χ1) is 4.88. The second-order valence-corrected chi connectivity index (χ2v) is 1.96. The maximum Gasteiger partial charge on any atom is 0.345 e. The third kappa shape index (κ3) is 0.570. The lowest BCUT2D eigenvalue weighted by Gasteiger charge is -2.14. The molecule has 5 nitrogen and oxygen atoms in total. The van der Waals surface area contributed by atoms with Crippen molar-refractivity contribution in [1.82, 2.24) is 15.1 Å². The SMILES string of the molecule is O=C1NCNc2ccnn21. The Morgan fingerprint density at radius 2 is 2.50 bits per heavy atom. The smallest absolute Gasteiger partial charge is 0.345 e. The molecule has 0 atom stereocenters. The molecular weight excluding hydrogens is 132 g/mol. The van der Waals surface area contributed by atoms with Gasteiger partial charge < -0.3 is 10.6 Å². The van der Waals surface area contributed by atoms with E-state index in [1.807, 2.05) is 0 Å². The lowest BCUT2D eigenvalue weighted by Crippen LogP contribution is -2.39. The molecular formula is C5H6N4O. The molecule has 0 aromatic carbocycles. The Labute approximate surface area is 57.0 Å². The van der Waals surface area contributed by atoms with Crippen molar-refractivity contribution in [3.63, 3.8) is 0 Å². The third-order valence-electron chi connectivity index (χ3n) is 1.34. The van der Waals surface area contributed by atoms with E-state index < -0.39 is 0 Å². The Morgan fingerprint density at radius 1 is 1.60 bits per heavy atom. The number of carbonyl (C=O) groups excluding carboxylic acids is 1. The predicted molar refractivity (Wildman–Crippen MR) is 34.6 cm³/mol. The molecule has 2 heterocycles. The molecule has 52 valence electrons. The number of nitrogens with zero attached hydrogens (tertiary/aromatic N) is 2. The lowest BCUT2D eigenvalue weighted by molar-refractivity contribution is 0.239. The summed E-state index contributed by atoms with van der Waals surface area (Å²) in [7, 11) is 0. The molecule has 2 N–H and O–H groups in total. The van der Waals surface area contributed by atoms with Gasteiger partial charge in [-0.15, -0.1) is 0 Å². The van der Waals surface area contributed by atoms with Gasteiger partial charge in [-0.2, -0.15) is 9.78 Å². The van der Waals surface area contributed by atoms with E-state index in [1.165, 1.54) is 4.68 Å². The van der Waals surface area contributed by atoms with Gasteiger partial charge in [0.15, 0.2) is 0 Å². The molecule has 1 amide bonds. The first-order valence-electron chi connectivity index (χ1n) is 2.94. The number of nitrogens with one attached hydrogen (secondary N) is 2. The summed E-state index contributed by atoms with van der Waals surface area (Å²) in [4.78, 5) is 10.9.